The molecule has 0 aliphatic carbocycles. The lowest BCUT2D eigenvalue weighted by Gasteiger charge is -2.12. The van der Waals surface area contributed by atoms with Crippen LogP contribution in [0.25, 0.3) is 111 Å². The summed E-state index contributed by atoms with van der Waals surface area (Å²) in [6, 6.07) is 74.8. The van der Waals surface area contributed by atoms with E-state index < -0.39 is 0 Å². The highest BCUT2D eigenvalue weighted by Gasteiger charge is 2.18. The van der Waals surface area contributed by atoms with Gasteiger partial charge in [0.15, 0.2) is 5.82 Å². The van der Waals surface area contributed by atoms with Crippen LogP contribution in [0.2, 0.25) is 0 Å². The van der Waals surface area contributed by atoms with Gasteiger partial charge in [-0.3, -0.25) is 0 Å². The zero-order valence-corrected chi connectivity index (χ0v) is 37.4. The van der Waals surface area contributed by atoms with E-state index >= 15 is 0 Å². The molecule has 0 saturated carbocycles. The van der Waals surface area contributed by atoms with Gasteiger partial charge in [0.05, 0.1) is 33.5 Å². The number of aromatic nitrogens is 4. The highest BCUT2D eigenvalue weighted by atomic mass is 15.0. The number of rotatable bonds is 7. The van der Waals surface area contributed by atoms with Crippen molar-refractivity contribution in [2.75, 3.05) is 0 Å². The molecule has 0 spiro atoms. The van der Waals surface area contributed by atoms with Crippen molar-refractivity contribution in [1.82, 2.24) is 19.1 Å². The highest BCUT2D eigenvalue weighted by molar-refractivity contribution is 6.12. The summed E-state index contributed by atoms with van der Waals surface area (Å²) < 4.78 is 4.83. The number of para-hydroxylation sites is 1. The molecule has 0 atom stereocenters. The van der Waals surface area contributed by atoms with E-state index in [4.69, 9.17) is 9.97 Å². The van der Waals surface area contributed by atoms with Crippen molar-refractivity contribution in [3.63, 3.8) is 0 Å². The second kappa shape index (κ2) is 15.7. The van der Waals surface area contributed by atoms with Crippen LogP contribution in [0, 0.1) is 27.7 Å². The first-order valence-electron chi connectivity index (χ1n) is 22.7. The van der Waals surface area contributed by atoms with Crippen molar-refractivity contribution in [1.29, 1.82) is 0 Å². The Bertz CT molecular complexity index is 3710. The number of hydrogen-bond acceptors (Lipinski definition) is 2. The fourth-order valence-electron chi connectivity index (χ4n) is 9.94. The Balaban J connectivity index is 0.842. The van der Waals surface area contributed by atoms with E-state index in [-0.39, 0.29) is 0 Å². The van der Waals surface area contributed by atoms with Gasteiger partial charge in [0.1, 0.15) is 0 Å². The Morgan fingerprint density at radius 2 is 0.727 bits per heavy atom. The zero-order chi connectivity index (χ0) is 44.5. The van der Waals surface area contributed by atoms with Crippen LogP contribution in [0.1, 0.15) is 22.3 Å². The molecule has 0 aliphatic rings. The maximum Gasteiger partial charge on any atom is 0.160 e. The first kappa shape index (κ1) is 39.3. The highest BCUT2D eigenvalue weighted by Crippen LogP contribution is 2.38. The minimum Gasteiger partial charge on any atom is -0.309 e. The second-order valence-electron chi connectivity index (χ2n) is 17.7. The Kier molecular flexibility index (Phi) is 9.35. The van der Waals surface area contributed by atoms with Crippen LogP contribution < -0.4 is 0 Å². The molecule has 0 saturated heterocycles. The zero-order valence-electron chi connectivity index (χ0n) is 37.4. The lowest BCUT2D eigenvalue weighted by atomic mass is 9.98. The molecule has 66 heavy (non-hydrogen) atoms. The fraction of sp³-hybridized carbons (Fsp3) is 0.0645. The maximum atomic E-state index is 5.11. The average Bonchev–Trinajstić information content (AvgIpc) is 3.85. The number of benzene rings is 9. The van der Waals surface area contributed by atoms with Gasteiger partial charge in [0.2, 0.25) is 0 Å². The Morgan fingerprint density at radius 1 is 0.303 bits per heavy atom. The smallest absolute Gasteiger partial charge is 0.160 e. The van der Waals surface area contributed by atoms with Crippen LogP contribution in [0.3, 0.4) is 0 Å². The summed E-state index contributed by atoms with van der Waals surface area (Å²) in [6.45, 7) is 8.60. The van der Waals surface area contributed by atoms with Gasteiger partial charge in [-0.1, -0.05) is 151 Å². The molecule has 0 unspecified atom stereocenters. The molecular weight excluding hydrogens is 801 g/mol. The fourth-order valence-corrected chi connectivity index (χ4v) is 9.94. The van der Waals surface area contributed by atoms with Crippen molar-refractivity contribution in [3.05, 3.63) is 229 Å². The van der Waals surface area contributed by atoms with Gasteiger partial charge < -0.3 is 9.13 Å². The van der Waals surface area contributed by atoms with Crippen LogP contribution in [-0.4, -0.2) is 19.1 Å². The summed E-state index contributed by atoms with van der Waals surface area (Å²) in [4.78, 5) is 10.2. The third-order valence-electron chi connectivity index (χ3n) is 13.4. The van der Waals surface area contributed by atoms with Crippen LogP contribution in [0.15, 0.2) is 206 Å². The average molecular weight is 847 g/mol. The number of aryl methyl sites for hydroxylation is 4. The molecule has 4 heteroatoms. The van der Waals surface area contributed by atoms with E-state index in [1.54, 1.807) is 0 Å². The van der Waals surface area contributed by atoms with Gasteiger partial charge in [-0.15, -0.1) is 0 Å². The lowest BCUT2D eigenvalue weighted by Crippen LogP contribution is -1.98. The molecule has 12 aromatic rings. The SMILES string of the molecule is Cc1ccc2c(c1)c1cc(C)ccc1n2-c1ccc2c(c1)c1ccccc1n2-c1ccc(-c2ccc(-c3ccc(-c4cc(-c5ccccc5C)nc(-c5ccccc5C)n4)cc3)cc2)cc1. The largest absolute Gasteiger partial charge is 0.309 e. The summed E-state index contributed by atoms with van der Waals surface area (Å²) >= 11 is 0. The predicted molar refractivity (Wildman–Crippen MR) is 277 cm³/mol. The second-order valence-corrected chi connectivity index (χ2v) is 17.7. The quantitative estimate of drug-likeness (QED) is 0.160. The van der Waals surface area contributed by atoms with Gasteiger partial charge in [0, 0.05) is 49.6 Å². The minimum atomic E-state index is 0.738. The lowest BCUT2D eigenvalue weighted by molar-refractivity contribution is 1.16. The summed E-state index contributed by atoms with van der Waals surface area (Å²) in [5.74, 6) is 0.738. The van der Waals surface area contributed by atoms with E-state index in [9.17, 15) is 0 Å². The summed E-state index contributed by atoms with van der Waals surface area (Å²) in [7, 11) is 0. The Hall–Kier alpha value is -8.34. The van der Waals surface area contributed by atoms with E-state index in [1.807, 2.05) is 0 Å². The van der Waals surface area contributed by atoms with E-state index in [2.05, 4.69) is 243 Å². The first-order chi connectivity index (χ1) is 32.3. The predicted octanol–water partition coefficient (Wildman–Crippen LogP) is 16.2. The molecule has 12 rings (SSSR count). The molecule has 0 radical (unpaired) electrons. The molecule has 0 N–H and O–H groups in total. The number of nitrogens with zero attached hydrogens (tertiary/aromatic N) is 4. The van der Waals surface area contributed by atoms with Crippen molar-refractivity contribution in [3.8, 4) is 67.5 Å². The summed E-state index contributed by atoms with van der Waals surface area (Å²) in [6.07, 6.45) is 0. The topological polar surface area (TPSA) is 35.6 Å². The van der Waals surface area contributed by atoms with Crippen LogP contribution >= 0.6 is 0 Å². The molecule has 3 aromatic heterocycles. The van der Waals surface area contributed by atoms with E-state index in [0.29, 0.717) is 0 Å². The van der Waals surface area contributed by atoms with Crippen molar-refractivity contribution in [2.24, 2.45) is 0 Å². The Labute approximate surface area is 384 Å². The number of fused-ring (bicyclic) bond motifs is 6. The minimum absolute atomic E-state index is 0.738. The molecule has 3 heterocycles. The standard InChI is InChI=1S/C62H46N4/c1-39-17-32-59-53(35-39)54-36-40(2)18-33-60(54)66(59)49-31-34-61-55(37-49)52-15-9-10-16-58(52)65(61)48-29-27-46(28-30-48)44-21-19-43(20-22-44)45-23-25-47(26-24-45)56-38-57(50-13-7-5-11-41(50)3)64-62(63-56)51-14-8-6-12-42(51)4/h5-38H,1-4H3. The molecule has 0 aliphatic heterocycles. The van der Waals surface area contributed by atoms with Gasteiger partial charge in [0.25, 0.3) is 0 Å². The van der Waals surface area contributed by atoms with Gasteiger partial charge in [-0.25, -0.2) is 9.97 Å². The monoisotopic (exact) mass is 846 g/mol. The third kappa shape index (κ3) is 6.69. The van der Waals surface area contributed by atoms with Crippen LogP contribution in [-0.2, 0) is 0 Å². The molecule has 9 aromatic carbocycles. The van der Waals surface area contributed by atoms with Crippen LogP contribution in [0.5, 0.6) is 0 Å². The normalized spacial score (nSPS) is 11.6. The van der Waals surface area contributed by atoms with Crippen molar-refractivity contribution in [2.45, 2.75) is 27.7 Å². The summed E-state index contributed by atoms with van der Waals surface area (Å²) in [5, 5.41) is 5.06. The van der Waals surface area contributed by atoms with E-state index in [1.165, 1.54) is 82.7 Å². The first-order valence-corrected chi connectivity index (χ1v) is 22.7. The molecule has 0 fully saturated rings. The molecule has 4 nitrogen and oxygen atoms in total. The van der Waals surface area contributed by atoms with Crippen LogP contribution in [0.4, 0.5) is 0 Å². The molecule has 0 bridgehead atoms. The van der Waals surface area contributed by atoms with Gasteiger partial charge in [-0.05, 0) is 128 Å². The van der Waals surface area contributed by atoms with Gasteiger partial charge in [-0.2, -0.15) is 0 Å². The molecular formula is C62H46N4. The third-order valence-corrected chi connectivity index (χ3v) is 13.4. The Morgan fingerprint density at radius 3 is 1.32 bits per heavy atom. The maximum absolute atomic E-state index is 5.11. The summed E-state index contributed by atoms with van der Waals surface area (Å²) in [5.41, 5.74) is 21.7. The molecule has 0 amide bonds. The van der Waals surface area contributed by atoms with E-state index in [0.717, 1.165) is 50.7 Å². The molecule has 314 valence electrons. The number of hydrogen-bond donors (Lipinski definition) is 0. The van der Waals surface area contributed by atoms with Crippen molar-refractivity contribution >= 4 is 43.6 Å². The van der Waals surface area contributed by atoms with Crippen molar-refractivity contribution < 1.29 is 0 Å². The van der Waals surface area contributed by atoms with Gasteiger partial charge >= 0.3 is 0 Å².